The molecule has 1 atom stereocenters. The van der Waals surface area contributed by atoms with Gasteiger partial charge in [0.05, 0.1) is 0 Å². The number of benzene rings is 1. The molecule has 0 aromatic heterocycles. The molecular weight excluding hydrogens is 262 g/mol. The van der Waals surface area contributed by atoms with Gasteiger partial charge in [-0.3, -0.25) is 0 Å². The Morgan fingerprint density at radius 3 is 2.45 bits per heavy atom. The molecule has 1 rings (SSSR count). The molecule has 1 N–H and O–H groups in total. The molecule has 0 radical (unpaired) electrons. The minimum Gasteiger partial charge on any atom is -0.314 e. The summed E-state index contributed by atoms with van der Waals surface area (Å²) < 4.78 is 0. The Labute approximate surface area is 129 Å². The van der Waals surface area contributed by atoms with E-state index in [1.54, 1.807) is 0 Å². The van der Waals surface area contributed by atoms with Crippen molar-refractivity contribution in [2.45, 2.75) is 53.0 Å². The highest BCUT2D eigenvalue weighted by atomic mass is 32.2. The first kappa shape index (κ1) is 17.6. The van der Waals surface area contributed by atoms with Gasteiger partial charge in [0.2, 0.25) is 0 Å². The number of nitrogens with one attached hydrogen (secondary N) is 1. The van der Waals surface area contributed by atoms with Gasteiger partial charge in [-0.2, -0.15) is 11.8 Å². The van der Waals surface area contributed by atoms with Crippen LogP contribution in [0.15, 0.2) is 24.3 Å². The van der Waals surface area contributed by atoms with Gasteiger partial charge in [0, 0.05) is 6.04 Å². The van der Waals surface area contributed by atoms with Gasteiger partial charge in [0.15, 0.2) is 0 Å². The Bertz CT molecular complexity index is 345. The second kappa shape index (κ2) is 10.3. The molecule has 0 aliphatic rings. The molecule has 0 spiro atoms. The minimum atomic E-state index is 0.584. The third-order valence-electron chi connectivity index (χ3n) is 3.56. The maximum Gasteiger partial charge on any atom is 0.00104 e. The Kier molecular flexibility index (Phi) is 9.04. The Balaban J connectivity index is 2.45. The van der Waals surface area contributed by atoms with Crippen molar-refractivity contribution in [3.8, 4) is 0 Å². The third kappa shape index (κ3) is 7.96. The van der Waals surface area contributed by atoms with Crippen LogP contribution >= 0.6 is 11.8 Å². The van der Waals surface area contributed by atoms with Crippen LogP contribution in [-0.4, -0.2) is 24.1 Å². The summed E-state index contributed by atoms with van der Waals surface area (Å²) in [4.78, 5) is 0. The monoisotopic (exact) mass is 293 g/mol. The molecule has 0 bridgehead atoms. The molecule has 1 aromatic carbocycles. The van der Waals surface area contributed by atoms with Crippen LogP contribution in [0.4, 0.5) is 0 Å². The molecule has 1 unspecified atom stereocenters. The van der Waals surface area contributed by atoms with Gasteiger partial charge in [0.1, 0.15) is 0 Å². The highest BCUT2D eigenvalue weighted by molar-refractivity contribution is 7.99. The van der Waals surface area contributed by atoms with Gasteiger partial charge in [-0.1, -0.05) is 50.6 Å². The summed E-state index contributed by atoms with van der Waals surface area (Å²) in [5.41, 5.74) is 2.83. The van der Waals surface area contributed by atoms with Crippen LogP contribution in [0.25, 0.3) is 0 Å². The minimum absolute atomic E-state index is 0.584. The standard InChI is InChI=1S/C18H31NS/c1-5-20-12-6-7-18(14-19-15(2)3)13-17-10-8-16(4)9-11-17/h8-11,15,18-19H,5-7,12-14H2,1-4H3. The van der Waals surface area contributed by atoms with Crippen LogP contribution in [0.3, 0.4) is 0 Å². The van der Waals surface area contributed by atoms with E-state index in [1.165, 1.54) is 41.9 Å². The van der Waals surface area contributed by atoms with Gasteiger partial charge < -0.3 is 5.32 Å². The van der Waals surface area contributed by atoms with E-state index in [9.17, 15) is 0 Å². The lowest BCUT2D eigenvalue weighted by atomic mass is 9.94. The van der Waals surface area contributed by atoms with E-state index in [2.05, 4.69) is 69.0 Å². The second-order valence-corrected chi connectivity index (χ2v) is 7.35. The third-order valence-corrected chi connectivity index (χ3v) is 4.55. The van der Waals surface area contributed by atoms with Crippen LogP contribution in [0.5, 0.6) is 0 Å². The van der Waals surface area contributed by atoms with E-state index in [1.807, 2.05) is 0 Å². The fraction of sp³-hybridized carbons (Fsp3) is 0.667. The van der Waals surface area contributed by atoms with Gasteiger partial charge in [-0.15, -0.1) is 0 Å². The summed E-state index contributed by atoms with van der Waals surface area (Å²) >= 11 is 2.06. The van der Waals surface area contributed by atoms with E-state index >= 15 is 0 Å². The zero-order chi connectivity index (χ0) is 14.8. The van der Waals surface area contributed by atoms with E-state index < -0.39 is 0 Å². The van der Waals surface area contributed by atoms with Gasteiger partial charge >= 0.3 is 0 Å². The van der Waals surface area contributed by atoms with Crippen molar-refractivity contribution < 1.29 is 0 Å². The van der Waals surface area contributed by atoms with Crippen LogP contribution in [0.1, 0.15) is 44.7 Å². The molecule has 0 aliphatic carbocycles. The van der Waals surface area contributed by atoms with Crippen LogP contribution in [0.2, 0.25) is 0 Å². The zero-order valence-corrected chi connectivity index (χ0v) is 14.4. The molecular formula is C18H31NS. The summed E-state index contributed by atoms with van der Waals surface area (Å²) in [6, 6.07) is 9.63. The second-order valence-electron chi connectivity index (χ2n) is 5.96. The molecule has 0 heterocycles. The molecule has 20 heavy (non-hydrogen) atoms. The Hall–Kier alpha value is -0.470. The average Bonchev–Trinajstić information content (AvgIpc) is 2.43. The summed E-state index contributed by atoms with van der Waals surface area (Å²) in [5.74, 6) is 3.31. The SMILES string of the molecule is CCSCCCC(CNC(C)C)Cc1ccc(C)cc1. The first-order valence-electron chi connectivity index (χ1n) is 7.98. The summed E-state index contributed by atoms with van der Waals surface area (Å²) in [6.45, 7) is 10.0. The van der Waals surface area contributed by atoms with Crippen molar-refractivity contribution in [3.05, 3.63) is 35.4 Å². The highest BCUT2D eigenvalue weighted by Gasteiger charge is 2.10. The quantitative estimate of drug-likeness (QED) is 0.628. The number of hydrogen-bond acceptors (Lipinski definition) is 2. The Morgan fingerprint density at radius 2 is 1.85 bits per heavy atom. The number of aryl methyl sites for hydroxylation is 1. The molecule has 0 fully saturated rings. The molecule has 1 aromatic rings. The van der Waals surface area contributed by atoms with Crippen molar-refractivity contribution in [3.63, 3.8) is 0 Å². The van der Waals surface area contributed by atoms with Crippen molar-refractivity contribution in [1.29, 1.82) is 0 Å². The van der Waals surface area contributed by atoms with Gasteiger partial charge in [-0.05, 0) is 55.7 Å². The molecule has 114 valence electrons. The van der Waals surface area contributed by atoms with Crippen LogP contribution < -0.4 is 5.32 Å². The summed E-state index contributed by atoms with van der Waals surface area (Å²) in [7, 11) is 0. The number of thioether (sulfide) groups is 1. The maximum atomic E-state index is 3.61. The lowest BCUT2D eigenvalue weighted by Gasteiger charge is -2.19. The summed E-state index contributed by atoms with van der Waals surface area (Å²) in [6.07, 6.45) is 3.88. The van der Waals surface area contributed by atoms with Crippen molar-refractivity contribution >= 4 is 11.8 Å². The van der Waals surface area contributed by atoms with E-state index in [-0.39, 0.29) is 0 Å². The fourth-order valence-corrected chi connectivity index (χ4v) is 3.01. The normalized spacial score (nSPS) is 12.8. The largest absolute Gasteiger partial charge is 0.314 e. The predicted molar refractivity (Wildman–Crippen MR) is 93.7 cm³/mol. The molecule has 1 nitrogen and oxygen atoms in total. The molecule has 2 heteroatoms. The fourth-order valence-electron chi connectivity index (χ4n) is 2.35. The van der Waals surface area contributed by atoms with E-state index in [4.69, 9.17) is 0 Å². The van der Waals surface area contributed by atoms with Crippen LogP contribution in [0, 0.1) is 12.8 Å². The molecule has 0 saturated heterocycles. The average molecular weight is 294 g/mol. The number of hydrogen-bond donors (Lipinski definition) is 1. The topological polar surface area (TPSA) is 12.0 Å². The zero-order valence-electron chi connectivity index (χ0n) is 13.6. The predicted octanol–water partition coefficient (Wildman–Crippen LogP) is 4.69. The lowest BCUT2D eigenvalue weighted by molar-refractivity contribution is 0.419. The molecule has 0 aliphatic heterocycles. The first-order chi connectivity index (χ1) is 9.61. The molecule has 0 amide bonds. The first-order valence-corrected chi connectivity index (χ1v) is 9.14. The van der Waals surface area contributed by atoms with E-state index in [0.29, 0.717) is 6.04 Å². The van der Waals surface area contributed by atoms with Crippen molar-refractivity contribution in [2.24, 2.45) is 5.92 Å². The number of rotatable bonds is 10. The van der Waals surface area contributed by atoms with Crippen molar-refractivity contribution in [1.82, 2.24) is 5.32 Å². The molecule has 0 saturated carbocycles. The van der Waals surface area contributed by atoms with Gasteiger partial charge in [0.25, 0.3) is 0 Å². The van der Waals surface area contributed by atoms with Crippen LogP contribution in [-0.2, 0) is 6.42 Å². The Morgan fingerprint density at radius 1 is 1.15 bits per heavy atom. The highest BCUT2D eigenvalue weighted by Crippen LogP contribution is 2.16. The van der Waals surface area contributed by atoms with Crippen molar-refractivity contribution in [2.75, 3.05) is 18.1 Å². The summed E-state index contributed by atoms with van der Waals surface area (Å²) in [5, 5.41) is 3.61. The smallest absolute Gasteiger partial charge is 0.00104 e. The van der Waals surface area contributed by atoms with Gasteiger partial charge in [-0.25, -0.2) is 0 Å². The van der Waals surface area contributed by atoms with E-state index in [0.717, 1.165) is 12.5 Å². The maximum absolute atomic E-state index is 3.61. The lowest BCUT2D eigenvalue weighted by Crippen LogP contribution is -2.30.